The molecule has 0 amide bonds. The van der Waals surface area contributed by atoms with Gasteiger partial charge in [-0.15, -0.1) is 0 Å². The third-order valence-corrected chi connectivity index (χ3v) is 3.52. The summed E-state index contributed by atoms with van der Waals surface area (Å²) in [5.41, 5.74) is 0.246. The molecule has 1 N–H and O–H groups in total. The van der Waals surface area contributed by atoms with Gasteiger partial charge in [0, 0.05) is 52.4 Å². The lowest BCUT2D eigenvalue weighted by Crippen LogP contribution is -2.46. The molecule has 1 atom stereocenters. The Bertz CT molecular complexity index is 200. The van der Waals surface area contributed by atoms with Crippen molar-refractivity contribution in [2.24, 2.45) is 5.41 Å². The Kier molecular flexibility index (Phi) is 7.77. The highest BCUT2D eigenvalue weighted by Gasteiger charge is 2.35. The topological polar surface area (TPSA) is 43.0 Å². The molecule has 0 aromatic rings. The Labute approximate surface area is 111 Å². The zero-order chi connectivity index (χ0) is 13.3. The monoisotopic (exact) mass is 260 g/mol. The largest absolute Gasteiger partial charge is 0.383 e. The normalized spacial score (nSPS) is 24.0. The van der Waals surface area contributed by atoms with E-state index in [1.807, 2.05) is 7.05 Å². The summed E-state index contributed by atoms with van der Waals surface area (Å²) in [7, 11) is 5.50. The summed E-state index contributed by atoms with van der Waals surface area (Å²) in [6.07, 6.45) is 1.13. The van der Waals surface area contributed by atoms with Gasteiger partial charge in [-0.3, -0.25) is 4.90 Å². The number of nitrogens with zero attached hydrogens (tertiary/aromatic N) is 1. The average Bonchev–Trinajstić information content (AvgIpc) is 2.82. The van der Waals surface area contributed by atoms with Crippen LogP contribution in [-0.2, 0) is 14.2 Å². The van der Waals surface area contributed by atoms with Gasteiger partial charge in [-0.2, -0.15) is 0 Å². The van der Waals surface area contributed by atoms with Gasteiger partial charge in [0.05, 0.1) is 19.8 Å². The minimum absolute atomic E-state index is 0.246. The van der Waals surface area contributed by atoms with Crippen LogP contribution in [0.25, 0.3) is 0 Å². The van der Waals surface area contributed by atoms with E-state index in [4.69, 9.17) is 14.2 Å². The molecule has 0 spiro atoms. The summed E-state index contributed by atoms with van der Waals surface area (Å²) in [4.78, 5) is 2.42. The Hall–Kier alpha value is -0.200. The summed E-state index contributed by atoms with van der Waals surface area (Å²) in [5.74, 6) is 0. The van der Waals surface area contributed by atoms with E-state index in [2.05, 4.69) is 10.2 Å². The van der Waals surface area contributed by atoms with E-state index in [0.717, 1.165) is 59.0 Å². The van der Waals surface area contributed by atoms with Crippen molar-refractivity contribution in [2.75, 3.05) is 73.9 Å². The minimum atomic E-state index is 0.246. The Morgan fingerprint density at radius 2 is 1.89 bits per heavy atom. The molecule has 0 aromatic heterocycles. The van der Waals surface area contributed by atoms with Crippen molar-refractivity contribution in [1.82, 2.24) is 10.2 Å². The minimum Gasteiger partial charge on any atom is -0.383 e. The van der Waals surface area contributed by atoms with Gasteiger partial charge in [-0.1, -0.05) is 0 Å². The van der Waals surface area contributed by atoms with Crippen LogP contribution in [0.4, 0.5) is 0 Å². The predicted molar refractivity (Wildman–Crippen MR) is 72.0 cm³/mol. The highest BCUT2D eigenvalue weighted by Crippen LogP contribution is 2.28. The second-order valence-electron chi connectivity index (χ2n) is 5.09. The first-order chi connectivity index (χ1) is 8.76. The maximum Gasteiger partial charge on any atom is 0.0589 e. The molecule has 1 aliphatic heterocycles. The smallest absolute Gasteiger partial charge is 0.0589 e. The maximum atomic E-state index is 5.59. The molecule has 1 aliphatic rings. The summed E-state index contributed by atoms with van der Waals surface area (Å²) in [6, 6.07) is 0. The quantitative estimate of drug-likeness (QED) is 0.608. The summed E-state index contributed by atoms with van der Waals surface area (Å²) in [6.45, 7) is 7.20. The lowest BCUT2D eigenvalue weighted by molar-refractivity contribution is 0.0692. The summed E-state index contributed by atoms with van der Waals surface area (Å²) < 4.78 is 16.0. The van der Waals surface area contributed by atoms with Crippen LogP contribution >= 0.6 is 0 Å². The van der Waals surface area contributed by atoms with Gasteiger partial charge < -0.3 is 19.5 Å². The molecule has 1 heterocycles. The fraction of sp³-hybridized carbons (Fsp3) is 1.00. The van der Waals surface area contributed by atoms with Crippen molar-refractivity contribution in [2.45, 2.75) is 6.42 Å². The second kappa shape index (κ2) is 8.82. The molecule has 0 aliphatic carbocycles. The van der Waals surface area contributed by atoms with E-state index in [9.17, 15) is 0 Å². The second-order valence-corrected chi connectivity index (χ2v) is 5.09. The molecule has 1 saturated heterocycles. The maximum absolute atomic E-state index is 5.59. The number of hydrogen-bond acceptors (Lipinski definition) is 5. The highest BCUT2D eigenvalue weighted by molar-refractivity contribution is 4.88. The molecular weight excluding hydrogens is 232 g/mol. The Balaban J connectivity index is 2.49. The van der Waals surface area contributed by atoms with Gasteiger partial charge >= 0.3 is 0 Å². The third-order valence-electron chi connectivity index (χ3n) is 3.52. The lowest BCUT2D eigenvalue weighted by Gasteiger charge is -2.34. The highest BCUT2D eigenvalue weighted by atomic mass is 16.5. The van der Waals surface area contributed by atoms with Gasteiger partial charge in [0.1, 0.15) is 0 Å². The molecule has 18 heavy (non-hydrogen) atoms. The standard InChI is InChI=1S/C13H28N2O3/c1-14-10-13(4-7-18-12-13)11-15(5-8-16-2)6-9-17-3/h14H,4-12H2,1-3H3. The fourth-order valence-corrected chi connectivity index (χ4v) is 2.53. The molecule has 5 heteroatoms. The molecular formula is C13H28N2O3. The van der Waals surface area contributed by atoms with Crippen LogP contribution in [0.3, 0.4) is 0 Å². The number of methoxy groups -OCH3 is 2. The van der Waals surface area contributed by atoms with E-state index >= 15 is 0 Å². The molecule has 1 rings (SSSR count). The van der Waals surface area contributed by atoms with Gasteiger partial charge in [0.25, 0.3) is 0 Å². The summed E-state index contributed by atoms with van der Waals surface area (Å²) >= 11 is 0. The van der Waals surface area contributed by atoms with Gasteiger partial charge in [-0.05, 0) is 13.5 Å². The molecule has 0 saturated carbocycles. The zero-order valence-corrected chi connectivity index (χ0v) is 12.0. The SMILES string of the molecule is CNCC1(CN(CCOC)CCOC)CCOC1. The van der Waals surface area contributed by atoms with Crippen LogP contribution in [0.1, 0.15) is 6.42 Å². The predicted octanol–water partition coefficient (Wildman–Crippen LogP) is 0.207. The average molecular weight is 260 g/mol. The van der Waals surface area contributed by atoms with E-state index in [0.29, 0.717) is 0 Å². The van der Waals surface area contributed by atoms with Crippen molar-refractivity contribution >= 4 is 0 Å². The Morgan fingerprint density at radius 1 is 1.22 bits per heavy atom. The van der Waals surface area contributed by atoms with Crippen molar-refractivity contribution in [3.63, 3.8) is 0 Å². The van der Waals surface area contributed by atoms with Crippen LogP contribution in [-0.4, -0.2) is 78.8 Å². The van der Waals surface area contributed by atoms with Crippen LogP contribution in [0.15, 0.2) is 0 Å². The molecule has 1 unspecified atom stereocenters. The first kappa shape index (κ1) is 15.9. The number of nitrogens with one attached hydrogen (secondary N) is 1. The van der Waals surface area contributed by atoms with E-state index in [1.165, 1.54) is 0 Å². The van der Waals surface area contributed by atoms with Crippen LogP contribution in [0.5, 0.6) is 0 Å². The van der Waals surface area contributed by atoms with Crippen molar-refractivity contribution in [3.05, 3.63) is 0 Å². The van der Waals surface area contributed by atoms with Gasteiger partial charge in [-0.25, -0.2) is 0 Å². The van der Waals surface area contributed by atoms with Crippen molar-refractivity contribution < 1.29 is 14.2 Å². The molecule has 0 radical (unpaired) electrons. The molecule has 5 nitrogen and oxygen atoms in total. The number of rotatable bonds is 10. The molecule has 108 valence electrons. The van der Waals surface area contributed by atoms with Crippen LogP contribution < -0.4 is 5.32 Å². The Morgan fingerprint density at radius 3 is 2.33 bits per heavy atom. The van der Waals surface area contributed by atoms with Crippen LogP contribution in [0, 0.1) is 5.41 Å². The fourth-order valence-electron chi connectivity index (χ4n) is 2.53. The first-order valence-electron chi connectivity index (χ1n) is 6.69. The number of ether oxygens (including phenoxy) is 3. The molecule has 0 bridgehead atoms. The van der Waals surface area contributed by atoms with Crippen molar-refractivity contribution in [1.29, 1.82) is 0 Å². The number of hydrogen-bond donors (Lipinski definition) is 1. The van der Waals surface area contributed by atoms with Crippen molar-refractivity contribution in [3.8, 4) is 0 Å². The van der Waals surface area contributed by atoms with E-state index in [-0.39, 0.29) is 5.41 Å². The van der Waals surface area contributed by atoms with Gasteiger partial charge in [0.2, 0.25) is 0 Å². The lowest BCUT2D eigenvalue weighted by atomic mass is 9.86. The molecule has 1 fully saturated rings. The molecule has 0 aromatic carbocycles. The van der Waals surface area contributed by atoms with Crippen LogP contribution in [0.2, 0.25) is 0 Å². The van der Waals surface area contributed by atoms with Gasteiger partial charge in [0.15, 0.2) is 0 Å². The van der Waals surface area contributed by atoms with E-state index in [1.54, 1.807) is 14.2 Å². The third kappa shape index (κ3) is 5.20. The zero-order valence-electron chi connectivity index (χ0n) is 12.0. The first-order valence-corrected chi connectivity index (χ1v) is 6.69. The summed E-state index contributed by atoms with van der Waals surface area (Å²) in [5, 5.41) is 3.30. The van der Waals surface area contributed by atoms with E-state index < -0.39 is 0 Å².